The van der Waals surface area contributed by atoms with Crippen LogP contribution in [0.15, 0.2) is 35.6 Å². The van der Waals surface area contributed by atoms with E-state index in [0.29, 0.717) is 16.5 Å². The van der Waals surface area contributed by atoms with Crippen LogP contribution in [0.3, 0.4) is 0 Å². The number of para-hydroxylation sites is 1. The van der Waals surface area contributed by atoms with Crippen LogP contribution in [-0.4, -0.2) is 21.6 Å². The second-order valence-electron chi connectivity index (χ2n) is 6.70. The van der Waals surface area contributed by atoms with Crippen molar-refractivity contribution >= 4 is 44.9 Å². The van der Waals surface area contributed by atoms with Crippen LogP contribution in [0.2, 0.25) is 0 Å². The van der Waals surface area contributed by atoms with Crippen molar-refractivity contribution in [1.82, 2.24) is 9.97 Å². The topological polar surface area (TPSA) is 78.7 Å². The molecule has 0 aliphatic heterocycles. The van der Waals surface area contributed by atoms with E-state index in [1.54, 1.807) is 11.3 Å². The number of aromatic nitrogens is 2. The average molecular weight is 395 g/mol. The van der Waals surface area contributed by atoms with Gasteiger partial charge in [0.15, 0.2) is 0 Å². The van der Waals surface area contributed by atoms with E-state index in [1.165, 1.54) is 23.0 Å². The monoisotopic (exact) mass is 394 g/mol. The lowest BCUT2D eigenvalue weighted by Crippen LogP contribution is -2.14. The van der Waals surface area contributed by atoms with Crippen LogP contribution in [0, 0.1) is 17.2 Å². The number of carbonyl (C=O) groups excluding carboxylic acids is 1. The number of anilines is 1. The third-order valence-electron chi connectivity index (χ3n) is 4.72. The third-order valence-corrected chi connectivity index (χ3v) is 6.90. The second-order valence-corrected chi connectivity index (χ2v) is 8.77. The van der Waals surface area contributed by atoms with Gasteiger partial charge in [-0.3, -0.25) is 4.79 Å². The van der Waals surface area contributed by atoms with Gasteiger partial charge in [-0.15, -0.1) is 11.3 Å². The summed E-state index contributed by atoms with van der Waals surface area (Å²) in [6, 6.07) is 10.0. The first-order valence-corrected chi connectivity index (χ1v) is 10.6. The van der Waals surface area contributed by atoms with E-state index in [1.807, 2.05) is 24.3 Å². The summed E-state index contributed by atoms with van der Waals surface area (Å²) in [7, 11) is 0. The quantitative estimate of drug-likeness (QED) is 0.523. The SMILES string of the molecule is C[C@H]1CCc2c(sc(NC(=O)CSc3ncnc4ccccc34)c2C#N)C1. The van der Waals surface area contributed by atoms with Gasteiger partial charge >= 0.3 is 0 Å². The lowest BCUT2D eigenvalue weighted by Gasteiger charge is -2.17. The fourth-order valence-electron chi connectivity index (χ4n) is 3.35. The van der Waals surface area contributed by atoms with Crippen LogP contribution in [0.1, 0.15) is 29.3 Å². The van der Waals surface area contributed by atoms with Crippen molar-refractivity contribution in [3.05, 3.63) is 46.6 Å². The highest BCUT2D eigenvalue weighted by Gasteiger charge is 2.24. The molecule has 0 saturated heterocycles. The lowest BCUT2D eigenvalue weighted by molar-refractivity contribution is -0.113. The van der Waals surface area contributed by atoms with Crippen molar-refractivity contribution in [2.75, 3.05) is 11.1 Å². The van der Waals surface area contributed by atoms with Crippen LogP contribution >= 0.6 is 23.1 Å². The summed E-state index contributed by atoms with van der Waals surface area (Å²) in [6.07, 6.45) is 4.53. The van der Waals surface area contributed by atoms with E-state index in [0.717, 1.165) is 40.8 Å². The number of hydrogen-bond donors (Lipinski definition) is 1. The summed E-state index contributed by atoms with van der Waals surface area (Å²) in [5, 5.41) is 14.9. The summed E-state index contributed by atoms with van der Waals surface area (Å²) in [4.78, 5) is 22.3. The number of amides is 1. The standard InChI is InChI=1S/C20H18N4OS2/c1-12-6-7-13-15(9-21)20(27-17(13)8-12)24-18(25)10-26-19-14-4-2-3-5-16(14)22-11-23-19/h2-5,11-12H,6-8,10H2,1H3,(H,24,25)/t12-/m0/s1. The molecule has 1 aliphatic carbocycles. The Labute approximate surface area is 165 Å². The zero-order valence-electron chi connectivity index (χ0n) is 14.9. The number of nitrogens with zero attached hydrogens (tertiary/aromatic N) is 3. The Balaban J connectivity index is 1.48. The van der Waals surface area contributed by atoms with Gasteiger partial charge in [0.05, 0.1) is 16.8 Å². The van der Waals surface area contributed by atoms with Crippen LogP contribution < -0.4 is 5.32 Å². The molecule has 1 aromatic carbocycles. The number of benzene rings is 1. The third kappa shape index (κ3) is 3.68. The van der Waals surface area contributed by atoms with Gasteiger partial charge in [0, 0.05) is 10.3 Å². The van der Waals surface area contributed by atoms with Crippen molar-refractivity contribution in [3.63, 3.8) is 0 Å². The molecule has 0 fully saturated rings. The van der Waals surface area contributed by atoms with Crippen LogP contribution in [-0.2, 0) is 17.6 Å². The van der Waals surface area contributed by atoms with Gasteiger partial charge in [-0.1, -0.05) is 36.9 Å². The molecule has 0 unspecified atom stereocenters. The predicted molar refractivity (Wildman–Crippen MR) is 109 cm³/mol. The van der Waals surface area contributed by atoms with E-state index in [4.69, 9.17) is 0 Å². The zero-order chi connectivity index (χ0) is 18.8. The molecular weight excluding hydrogens is 376 g/mol. The molecule has 4 rings (SSSR count). The van der Waals surface area contributed by atoms with Gasteiger partial charge in [-0.05, 0) is 36.8 Å². The minimum Gasteiger partial charge on any atom is -0.316 e. The van der Waals surface area contributed by atoms with Gasteiger partial charge in [0.2, 0.25) is 5.91 Å². The van der Waals surface area contributed by atoms with E-state index in [2.05, 4.69) is 28.3 Å². The maximum absolute atomic E-state index is 12.5. The fraction of sp³-hybridized carbons (Fsp3) is 0.300. The Morgan fingerprint density at radius 3 is 3.11 bits per heavy atom. The van der Waals surface area contributed by atoms with Gasteiger partial charge in [-0.25, -0.2) is 9.97 Å². The van der Waals surface area contributed by atoms with Crippen LogP contribution in [0.4, 0.5) is 5.00 Å². The zero-order valence-corrected chi connectivity index (χ0v) is 16.5. The maximum Gasteiger partial charge on any atom is 0.235 e. The Hall–Kier alpha value is -2.43. The molecule has 1 atom stereocenters. The van der Waals surface area contributed by atoms with Gasteiger partial charge < -0.3 is 5.32 Å². The molecule has 0 spiro atoms. The minimum absolute atomic E-state index is 0.120. The molecule has 0 bridgehead atoms. The number of carbonyl (C=O) groups is 1. The molecule has 1 aliphatic rings. The molecule has 136 valence electrons. The molecule has 1 N–H and O–H groups in total. The molecule has 0 radical (unpaired) electrons. The summed E-state index contributed by atoms with van der Waals surface area (Å²) in [5.74, 6) is 0.754. The van der Waals surface area contributed by atoms with E-state index >= 15 is 0 Å². The predicted octanol–water partition coefficient (Wildman–Crippen LogP) is 4.42. The first kappa shape index (κ1) is 18.0. The fourth-order valence-corrected chi connectivity index (χ4v) is 5.52. The normalized spacial score (nSPS) is 15.9. The van der Waals surface area contributed by atoms with Gasteiger partial charge in [0.25, 0.3) is 0 Å². The van der Waals surface area contributed by atoms with Gasteiger partial charge in [0.1, 0.15) is 22.4 Å². The summed E-state index contributed by atoms with van der Waals surface area (Å²) in [5.41, 5.74) is 2.64. The summed E-state index contributed by atoms with van der Waals surface area (Å²) in [6.45, 7) is 2.23. The molecular formula is C20H18N4OS2. The molecule has 7 heteroatoms. The van der Waals surface area contributed by atoms with Crippen molar-refractivity contribution in [2.45, 2.75) is 31.2 Å². The van der Waals surface area contributed by atoms with E-state index < -0.39 is 0 Å². The number of hydrogen-bond acceptors (Lipinski definition) is 6. The first-order chi connectivity index (χ1) is 13.2. The highest BCUT2D eigenvalue weighted by atomic mass is 32.2. The first-order valence-electron chi connectivity index (χ1n) is 8.82. The number of rotatable bonds is 4. The molecule has 5 nitrogen and oxygen atoms in total. The lowest BCUT2D eigenvalue weighted by atomic mass is 9.89. The highest BCUT2D eigenvalue weighted by molar-refractivity contribution is 8.00. The van der Waals surface area contributed by atoms with E-state index in [9.17, 15) is 10.1 Å². The van der Waals surface area contributed by atoms with Crippen molar-refractivity contribution in [1.29, 1.82) is 5.26 Å². The Bertz CT molecular complexity index is 1050. The molecule has 1 amide bonds. The average Bonchev–Trinajstić information content (AvgIpc) is 3.02. The molecule has 2 heterocycles. The van der Waals surface area contributed by atoms with Gasteiger partial charge in [-0.2, -0.15) is 5.26 Å². The van der Waals surface area contributed by atoms with Crippen molar-refractivity contribution in [2.24, 2.45) is 5.92 Å². The Kier molecular flexibility index (Phi) is 5.10. The second kappa shape index (κ2) is 7.67. The van der Waals surface area contributed by atoms with Crippen LogP contribution in [0.5, 0.6) is 0 Å². The largest absolute Gasteiger partial charge is 0.316 e. The number of nitrogens with one attached hydrogen (secondary N) is 1. The summed E-state index contributed by atoms with van der Waals surface area (Å²) < 4.78 is 0. The highest BCUT2D eigenvalue weighted by Crippen LogP contribution is 2.39. The smallest absolute Gasteiger partial charge is 0.235 e. The molecule has 0 saturated carbocycles. The van der Waals surface area contributed by atoms with Crippen molar-refractivity contribution in [3.8, 4) is 6.07 Å². The van der Waals surface area contributed by atoms with Crippen LogP contribution in [0.25, 0.3) is 10.9 Å². The number of thioether (sulfide) groups is 1. The summed E-state index contributed by atoms with van der Waals surface area (Å²) >= 11 is 2.94. The Morgan fingerprint density at radius 2 is 2.26 bits per heavy atom. The number of nitriles is 1. The van der Waals surface area contributed by atoms with Crippen molar-refractivity contribution < 1.29 is 4.79 Å². The number of thiophene rings is 1. The maximum atomic E-state index is 12.5. The molecule has 3 aromatic rings. The number of fused-ring (bicyclic) bond motifs is 2. The Morgan fingerprint density at radius 1 is 1.41 bits per heavy atom. The molecule has 2 aromatic heterocycles. The molecule has 27 heavy (non-hydrogen) atoms. The minimum atomic E-state index is -0.120. The van der Waals surface area contributed by atoms with E-state index in [-0.39, 0.29) is 11.7 Å².